The van der Waals surface area contributed by atoms with Crippen molar-refractivity contribution < 1.29 is 9.53 Å². The predicted octanol–water partition coefficient (Wildman–Crippen LogP) is 2.39. The standard InChI is InChI=1S/C14H19NO2/c1-3-14(16)15-9-11(2)17-13(10-15)12-7-5-4-6-8-12/h4-8,11,13H,3,9-10H2,1-2H3/t11-,13-/m1/s1. The second-order valence-corrected chi connectivity index (χ2v) is 4.50. The largest absolute Gasteiger partial charge is 0.367 e. The molecule has 0 saturated carbocycles. The molecule has 0 aromatic heterocycles. The molecule has 3 heteroatoms. The first-order valence-electron chi connectivity index (χ1n) is 6.19. The fraction of sp³-hybridized carbons (Fsp3) is 0.500. The Morgan fingerprint density at radius 1 is 1.35 bits per heavy atom. The van der Waals surface area contributed by atoms with E-state index in [1.807, 2.05) is 36.9 Å². The number of amides is 1. The van der Waals surface area contributed by atoms with E-state index in [9.17, 15) is 4.79 Å². The molecule has 2 rings (SSSR count). The van der Waals surface area contributed by atoms with Crippen LogP contribution in [0.5, 0.6) is 0 Å². The topological polar surface area (TPSA) is 29.5 Å². The molecule has 1 saturated heterocycles. The third-order valence-electron chi connectivity index (χ3n) is 3.09. The van der Waals surface area contributed by atoms with E-state index in [0.29, 0.717) is 19.5 Å². The van der Waals surface area contributed by atoms with E-state index >= 15 is 0 Å². The summed E-state index contributed by atoms with van der Waals surface area (Å²) in [4.78, 5) is 13.7. The van der Waals surface area contributed by atoms with Gasteiger partial charge in [0.15, 0.2) is 0 Å². The molecule has 1 heterocycles. The molecule has 17 heavy (non-hydrogen) atoms. The maximum atomic E-state index is 11.8. The Morgan fingerprint density at radius 2 is 2.06 bits per heavy atom. The highest BCUT2D eigenvalue weighted by Crippen LogP contribution is 2.25. The Bertz CT molecular complexity index is 377. The quantitative estimate of drug-likeness (QED) is 0.785. The van der Waals surface area contributed by atoms with Crippen LogP contribution in [0, 0.1) is 0 Å². The van der Waals surface area contributed by atoms with Crippen LogP contribution in [0.4, 0.5) is 0 Å². The molecule has 1 aromatic rings. The summed E-state index contributed by atoms with van der Waals surface area (Å²) in [7, 11) is 0. The fourth-order valence-corrected chi connectivity index (χ4v) is 2.23. The Morgan fingerprint density at radius 3 is 2.71 bits per heavy atom. The first-order chi connectivity index (χ1) is 8.20. The van der Waals surface area contributed by atoms with Crippen LogP contribution in [0.2, 0.25) is 0 Å². The summed E-state index contributed by atoms with van der Waals surface area (Å²) in [6.45, 7) is 5.29. The van der Waals surface area contributed by atoms with E-state index in [2.05, 4.69) is 12.1 Å². The van der Waals surface area contributed by atoms with Crippen LogP contribution >= 0.6 is 0 Å². The van der Waals surface area contributed by atoms with Crippen LogP contribution in [0.3, 0.4) is 0 Å². The number of ether oxygens (including phenoxy) is 1. The van der Waals surface area contributed by atoms with Crippen molar-refractivity contribution in [1.29, 1.82) is 0 Å². The molecule has 0 unspecified atom stereocenters. The maximum absolute atomic E-state index is 11.8. The van der Waals surface area contributed by atoms with Gasteiger partial charge in [0.2, 0.25) is 5.91 Å². The molecule has 1 amide bonds. The van der Waals surface area contributed by atoms with Gasteiger partial charge in [-0.05, 0) is 12.5 Å². The lowest BCUT2D eigenvalue weighted by Gasteiger charge is -2.37. The van der Waals surface area contributed by atoms with E-state index in [0.717, 1.165) is 5.56 Å². The minimum absolute atomic E-state index is 0.00968. The highest BCUT2D eigenvalue weighted by molar-refractivity contribution is 5.76. The van der Waals surface area contributed by atoms with Crippen molar-refractivity contribution in [2.45, 2.75) is 32.5 Å². The molecule has 1 aliphatic rings. The molecule has 0 aliphatic carbocycles. The van der Waals surface area contributed by atoms with Gasteiger partial charge >= 0.3 is 0 Å². The third-order valence-corrected chi connectivity index (χ3v) is 3.09. The summed E-state index contributed by atoms with van der Waals surface area (Å²) < 4.78 is 5.90. The van der Waals surface area contributed by atoms with Crippen LogP contribution in [-0.2, 0) is 9.53 Å². The second kappa shape index (κ2) is 5.32. The summed E-state index contributed by atoms with van der Waals surface area (Å²) >= 11 is 0. The van der Waals surface area contributed by atoms with Crippen molar-refractivity contribution in [2.75, 3.05) is 13.1 Å². The van der Waals surface area contributed by atoms with Crippen LogP contribution in [-0.4, -0.2) is 30.0 Å². The summed E-state index contributed by atoms with van der Waals surface area (Å²) in [5.74, 6) is 0.209. The normalized spacial score (nSPS) is 24.7. The molecule has 0 bridgehead atoms. The Balaban J connectivity index is 2.11. The minimum atomic E-state index is 0.00968. The fourth-order valence-electron chi connectivity index (χ4n) is 2.23. The van der Waals surface area contributed by atoms with Gasteiger partial charge in [0, 0.05) is 13.0 Å². The first kappa shape index (κ1) is 12.1. The summed E-state index contributed by atoms with van der Waals surface area (Å²) in [6, 6.07) is 10.1. The number of hydrogen-bond acceptors (Lipinski definition) is 2. The Labute approximate surface area is 102 Å². The number of nitrogens with zero attached hydrogens (tertiary/aromatic N) is 1. The van der Waals surface area contributed by atoms with Gasteiger partial charge in [-0.1, -0.05) is 37.3 Å². The van der Waals surface area contributed by atoms with E-state index in [1.54, 1.807) is 0 Å². The number of carbonyl (C=O) groups excluding carboxylic acids is 1. The Hall–Kier alpha value is -1.35. The van der Waals surface area contributed by atoms with Gasteiger partial charge in [0.1, 0.15) is 6.10 Å². The van der Waals surface area contributed by atoms with E-state index in [1.165, 1.54) is 0 Å². The smallest absolute Gasteiger partial charge is 0.222 e. The number of rotatable bonds is 2. The van der Waals surface area contributed by atoms with Crippen LogP contribution in [0.15, 0.2) is 30.3 Å². The average Bonchev–Trinajstić information content (AvgIpc) is 2.38. The monoisotopic (exact) mass is 233 g/mol. The SMILES string of the molecule is CCC(=O)N1C[C@@H](C)O[C@@H](c2ccccc2)C1. The lowest BCUT2D eigenvalue weighted by atomic mass is 10.1. The van der Waals surface area contributed by atoms with E-state index < -0.39 is 0 Å². The van der Waals surface area contributed by atoms with Gasteiger partial charge < -0.3 is 9.64 Å². The number of morpholine rings is 1. The molecule has 1 aromatic carbocycles. The summed E-state index contributed by atoms with van der Waals surface area (Å²) in [6.07, 6.45) is 0.675. The predicted molar refractivity (Wildman–Crippen MR) is 66.6 cm³/mol. The first-order valence-corrected chi connectivity index (χ1v) is 6.19. The van der Waals surface area contributed by atoms with Crippen molar-refractivity contribution >= 4 is 5.91 Å². The van der Waals surface area contributed by atoms with Crippen molar-refractivity contribution in [3.05, 3.63) is 35.9 Å². The number of carbonyl (C=O) groups is 1. The average molecular weight is 233 g/mol. The molecule has 1 fully saturated rings. The van der Waals surface area contributed by atoms with Crippen molar-refractivity contribution in [3.8, 4) is 0 Å². The lowest BCUT2D eigenvalue weighted by molar-refractivity contribution is -0.144. The molecular weight excluding hydrogens is 214 g/mol. The van der Waals surface area contributed by atoms with Crippen LogP contribution < -0.4 is 0 Å². The van der Waals surface area contributed by atoms with E-state index in [4.69, 9.17) is 4.74 Å². The van der Waals surface area contributed by atoms with Gasteiger partial charge in [-0.2, -0.15) is 0 Å². The maximum Gasteiger partial charge on any atom is 0.222 e. The van der Waals surface area contributed by atoms with Gasteiger partial charge in [0.05, 0.1) is 12.6 Å². The zero-order valence-electron chi connectivity index (χ0n) is 10.4. The van der Waals surface area contributed by atoms with Crippen molar-refractivity contribution in [1.82, 2.24) is 4.90 Å². The molecule has 0 N–H and O–H groups in total. The highest BCUT2D eigenvalue weighted by Gasteiger charge is 2.28. The van der Waals surface area contributed by atoms with E-state index in [-0.39, 0.29) is 18.1 Å². The number of hydrogen-bond donors (Lipinski definition) is 0. The number of benzene rings is 1. The zero-order valence-corrected chi connectivity index (χ0v) is 10.4. The molecule has 0 radical (unpaired) electrons. The van der Waals surface area contributed by atoms with Gasteiger partial charge in [-0.3, -0.25) is 4.79 Å². The second-order valence-electron chi connectivity index (χ2n) is 4.50. The Kier molecular flexibility index (Phi) is 3.79. The molecule has 0 spiro atoms. The molecule has 1 aliphatic heterocycles. The van der Waals surface area contributed by atoms with Gasteiger partial charge in [-0.15, -0.1) is 0 Å². The highest BCUT2D eigenvalue weighted by atomic mass is 16.5. The molecule has 92 valence electrons. The molecule has 3 nitrogen and oxygen atoms in total. The van der Waals surface area contributed by atoms with Crippen molar-refractivity contribution in [3.63, 3.8) is 0 Å². The minimum Gasteiger partial charge on any atom is -0.367 e. The van der Waals surface area contributed by atoms with Crippen LogP contribution in [0.25, 0.3) is 0 Å². The van der Waals surface area contributed by atoms with Crippen molar-refractivity contribution in [2.24, 2.45) is 0 Å². The van der Waals surface area contributed by atoms with Gasteiger partial charge in [-0.25, -0.2) is 0 Å². The molecular formula is C14H19NO2. The summed E-state index contributed by atoms with van der Waals surface area (Å²) in [5, 5.41) is 0. The summed E-state index contributed by atoms with van der Waals surface area (Å²) in [5.41, 5.74) is 1.15. The molecule has 2 atom stereocenters. The third kappa shape index (κ3) is 2.86. The van der Waals surface area contributed by atoms with Crippen LogP contribution in [0.1, 0.15) is 31.9 Å². The van der Waals surface area contributed by atoms with Gasteiger partial charge in [0.25, 0.3) is 0 Å². The zero-order chi connectivity index (χ0) is 12.3. The lowest BCUT2D eigenvalue weighted by Crippen LogP contribution is -2.45.